The third kappa shape index (κ3) is 5.37. The van der Waals surface area contributed by atoms with Gasteiger partial charge in [0.15, 0.2) is 11.5 Å². The van der Waals surface area contributed by atoms with Gasteiger partial charge in [0, 0.05) is 24.3 Å². The van der Waals surface area contributed by atoms with Gasteiger partial charge >= 0.3 is 0 Å². The van der Waals surface area contributed by atoms with Crippen LogP contribution < -0.4 is 15.1 Å². The first-order valence-corrected chi connectivity index (χ1v) is 9.21. The molecule has 6 nitrogen and oxygen atoms in total. The number of phenolic OH excluding ortho intramolecular Hbond substituents is 1. The summed E-state index contributed by atoms with van der Waals surface area (Å²) in [6.07, 6.45) is 1.44. The fourth-order valence-corrected chi connectivity index (χ4v) is 2.80. The van der Waals surface area contributed by atoms with Crippen molar-refractivity contribution in [2.75, 3.05) is 24.6 Å². The fourth-order valence-electron chi connectivity index (χ4n) is 2.58. The second-order valence-electron chi connectivity index (χ2n) is 5.70. The minimum Gasteiger partial charge on any atom is -0.503 e. The van der Waals surface area contributed by atoms with Crippen molar-refractivity contribution >= 4 is 29.4 Å². The van der Waals surface area contributed by atoms with Crippen LogP contribution in [0.4, 0.5) is 5.69 Å². The molecule has 1 amide bonds. The minimum atomic E-state index is -0.313. The zero-order valence-corrected chi connectivity index (χ0v) is 16.5. The second-order valence-corrected chi connectivity index (χ2v) is 6.11. The molecule has 0 radical (unpaired) electrons. The molecule has 0 heterocycles. The lowest BCUT2D eigenvalue weighted by Gasteiger charge is -2.20. The summed E-state index contributed by atoms with van der Waals surface area (Å²) in [6, 6.07) is 10.5. The van der Waals surface area contributed by atoms with Gasteiger partial charge < -0.3 is 14.7 Å². The van der Waals surface area contributed by atoms with Gasteiger partial charge in [-0.3, -0.25) is 4.79 Å². The minimum absolute atomic E-state index is 0.118. The summed E-state index contributed by atoms with van der Waals surface area (Å²) in [6.45, 7) is 8.19. The standard InChI is InChI=1S/C20H24ClN3O3/c1-4-24(5-2)16-9-7-15(8-10-16)20(26)23-22-13-14-11-17(21)19(25)18(12-14)27-6-3/h7-13,25H,4-6H2,1-3H3,(H,23,26)/b22-13+. The van der Waals surface area contributed by atoms with Crippen molar-refractivity contribution in [2.24, 2.45) is 5.10 Å². The molecule has 7 heteroatoms. The molecule has 2 rings (SSSR count). The van der Waals surface area contributed by atoms with Crippen LogP contribution in [0.15, 0.2) is 41.5 Å². The summed E-state index contributed by atoms with van der Waals surface area (Å²) in [4.78, 5) is 14.4. The van der Waals surface area contributed by atoms with E-state index < -0.39 is 0 Å². The van der Waals surface area contributed by atoms with Crippen LogP contribution in [0.5, 0.6) is 11.5 Å². The van der Waals surface area contributed by atoms with Crippen molar-refractivity contribution in [3.8, 4) is 11.5 Å². The average Bonchev–Trinajstić information content (AvgIpc) is 2.67. The summed E-state index contributed by atoms with van der Waals surface area (Å²) in [7, 11) is 0. The van der Waals surface area contributed by atoms with Crippen LogP contribution in [0.3, 0.4) is 0 Å². The number of benzene rings is 2. The molecule has 27 heavy (non-hydrogen) atoms. The predicted molar refractivity (Wildman–Crippen MR) is 109 cm³/mol. The summed E-state index contributed by atoms with van der Waals surface area (Å²) >= 11 is 5.97. The first-order chi connectivity index (χ1) is 13.0. The molecule has 0 saturated carbocycles. The van der Waals surface area contributed by atoms with Crippen molar-refractivity contribution in [2.45, 2.75) is 20.8 Å². The highest BCUT2D eigenvalue weighted by Gasteiger charge is 2.09. The second kappa shape index (κ2) is 9.83. The zero-order chi connectivity index (χ0) is 19.8. The first kappa shape index (κ1) is 20.6. The molecule has 2 aromatic carbocycles. The van der Waals surface area contributed by atoms with Gasteiger partial charge in [-0.15, -0.1) is 0 Å². The molecule has 0 aliphatic carbocycles. The molecule has 2 N–H and O–H groups in total. The number of nitrogens with zero attached hydrogens (tertiary/aromatic N) is 2. The van der Waals surface area contributed by atoms with Crippen LogP contribution in [0.2, 0.25) is 5.02 Å². The third-order valence-electron chi connectivity index (χ3n) is 3.99. The Balaban J connectivity index is 2.05. The SMILES string of the molecule is CCOc1cc(/C=N/NC(=O)c2ccc(N(CC)CC)cc2)cc(Cl)c1O. The van der Waals surface area contributed by atoms with Crippen LogP contribution in [-0.4, -0.2) is 36.9 Å². The van der Waals surface area contributed by atoms with Gasteiger partial charge in [0.2, 0.25) is 0 Å². The number of rotatable bonds is 8. The Kier molecular flexibility index (Phi) is 7.49. The van der Waals surface area contributed by atoms with Crippen LogP contribution in [0, 0.1) is 0 Å². The van der Waals surface area contributed by atoms with Crippen molar-refractivity contribution in [1.29, 1.82) is 0 Å². The van der Waals surface area contributed by atoms with E-state index in [4.69, 9.17) is 16.3 Å². The number of halogens is 1. The van der Waals surface area contributed by atoms with E-state index in [1.165, 1.54) is 12.3 Å². The molecule has 0 fully saturated rings. The summed E-state index contributed by atoms with van der Waals surface area (Å²) in [5.41, 5.74) is 4.66. The maximum Gasteiger partial charge on any atom is 0.271 e. The van der Waals surface area contributed by atoms with Gasteiger partial charge in [0.05, 0.1) is 17.8 Å². The predicted octanol–water partition coefficient (Wildman–Crippen LogP) is 4.05. The normalized spacial score (nSPS) is 10.8. The van der Waals surface area contributed by atoms with Crippen molar-refractivity contribution in [3.05, 3.63) is 52.5 Å². The van der Waals surface area contributed by atoms with E-state index in [0.717, 1.165) is 18.8 Å². The Morgan fingerprint density at radius 2 is 1.89 bits per heavy atom. The lowest BCUT2D eigenvalue weighted by Crippen LogP contribution is -2.22. The highest BCUT2D eigenvalue weighted by Crippen LogP contribution is 2.34. The van der Waals surface area contributed by atoms with Crippen LogP contribution in [0.1, 0.15) is 36.7 Å². The number of carbonyl (C=O) groups excluding carboxylic acids is 1. The van der Waals surface area contributed by atoms with Gasteiger partial charge in [-0.05, 0) is 62.7 Å². The molecule has 0 saturated heterocycles. The van der Waals surface area contributed by atoms with Crippen molar-refractivity contribution < 1.29 is 14.6 Å². The number of hydrogen-bond donors (Lipinski definition) is 2. The van der Waals surface area contributed by atoms with Crippen LogP contribution >= 0.6 is 11.6 Å². The molecule has 0 aliphatic rings. The number of hydrazone groups is 1. The molecular formula is C20H24ClN3O3. The number of carbonyl (C=O) groups is 1. The summed E-state index contributed by atoms with van der Waals surface area (Å²) < 4.78 is 5.32. The molecule has 0 unspecified atom stereocenters. The van der Waals surface area contributed by atoms with Gasteiger partial charge in [-0.2, -0.15) is 5.10 Å². The summed E-state index contributed by atoms with van der Waals surface area (Å²) in [5.74, 6) is -0.162. The molecule has 2 aromatic rings. The van der Waals surface area contributed by atoms with Gasteiger partial charge in [-0.1, -0.05) is 11.6 Å². The van der Waals surface area contributed by atoms with E-state index in [9.17, 15) is 9.90 Å². The van der Waals surface area contributed by atoms with E-state index in [1.54, 1.807) is 25.1 Å². The Morgan fingerprint density at radius 1 is 1.22 bits per heavy atom. The number of amides is 1. The largest absolute Gasteiger partial charge is 0.503 e. The Morgan fingerprint density at radius 3 is 2.48 bits per heavy atom. The quantitative estimate of drug-likeness (QED) is 0.527. The number of anilines is 1. The molecule has 144 valence electrons. The Bertz CT molecular complexity index is 803. The number of ether oxygens (including phenoxy) is 1. The number of phenols is 1. The number of hydrogen-bond acceptors (Lipinski definition) is 5. The Labute approximate surface area is 164 Å². The van der Waals surface area contributed by atoms with E-state index >= 15 is 0 Å². The molecule has 0 spiro atoms. The van der Waals surface area contributed by atoms with Gasteiger partial charge in [0.1, 0.15) is 0 Å². The highest BCUT2D eigenvalue weighted by molar-refractivity contribution is 6.32. The lowest BCUT2D eigenvalue weighted by atomic mass is 10.2. The van der Waals surface area contributed by atoms with Gasteiger partial charge in [-0.25, -0.2) is 5.43 Å². The topological polar surface area (TPSA) is 74.2 Å². The van der Waals surface area contributed by atoms with Crippen LogP contribution in [-0.2, 0) is 0 Å². The summed E-state index contributed by atoms with van der Waals surface area (Å²) in [5, 5.41) is 13.9. The highest BCUT2D eigenvalue weighted by atomic mass is 35.5. The third-order valence-corrected chi connectivity index (χ3v) is 4.28. The molecule has 0 aromatic heterocycles. The number of nitrogens with one attached hydrogen (secondary N) is 1. The van der Waals surface area contributed by atoms with Crippen molar-refractivity contribution in [1.82, 2.24) is 5.43 Å². The average molecular weight is 390 g/mol. The first-order valence-electron chi connectivity index (χ1n) is 8.83. The maximum atomic E-state index is 12.2. The zero-order valence-electron chi connectivity index (χ0n) is 15.7. The van der Waals surface area contributed by atoms with E-state index in [0.29, 0.717) is 17.7 Å². The molecule has 0 bridgehead atoms. The van der Waals surface area contributed by atoms with E-state index in [1.807, 2.05) is 12.1 Å². The maximum absolute atomic E-state index is 12.2. The van der Waals surface area contributed by atoms with Crippen LogP contribution in [0.25, 0.3) is 0 Å². The monoisotopic (exact) mass is 389 g/mol. The molecule has 0 aliphatic heterocycles. The van der Waals surface area contributed by atoms with Gasteiger partial charge in [0.25, 0.3) is 5.91 Å². The van der Waals surface area contributed by atoms with E-state index in [2.05, 4.69) is 29.3 Å². The molecule has 0 atom stereocenters. The molecular weight excluding hydrogens is 366 g/mol. The fraction of sp³-hybridized carbons (Fsp3) is 0.300. The lowest BCUT2D eigenvalue weighted by molar-refractivity contribution is 0.0955. The Hall–Kier alpha value is -2.73. The smallest absolute Gasteiger partial charge is 0.271 e. The number of aromatic hydroxyl groups is 1. The van der Waals surface area contributed by atoms with E-state index in [-0.39, 0.29) is 22.4 Å². The van der Waals surface area contributed by atoms with Crippen molar-refractivity contribution in [3.63, 3.8) is 0 Å².